The van der Waals surface area contributed by atoms with Crippen LogP contribution in [-0.2, 0) is 16.1 Å². The molecule has 1 aliphatic rings. The SMILES string of the molecule is CC(=O)Nc1ccc(CN2CCCN(C(=O)CSc3cccc4cccc(Cl)c34)CC2)cc1. The largest absolute Gasteiger partial charge is 0.341 e. The van der Waals surface area contributed by atoms with E-state index in [1.807, 2.05) is 65.6 Å². The van der Waals surface area contributed by atoms with Crippen molar-refractivity contribution in [1.29, 1.82) is 0 Å². The molecule has 0 aromatic heterocycles. The monoisotopic (exact) mass is 481 g/mol. The number of rotatable bonds is 6. The number of carbonyl (C=O) groups is 2. The molecule has 7 heteroatoms. The number of nitrogens with zero attached hydrogens (tertiary/aromatic N) is 2. The Kier molecular flexibility index (Phi) is 7.91. The van der Waals surface area contributed by atoms with Gasteiger partial charge in [-0.05, 0) is 41.6 Å². The fourth-order valence-corrected chi connectivity index (χ4v) is 5.49. The molecule has 4 rings (SSSR count). The molecule has 0 saturated carbocycles. The summed E-state index contributed by atoms with van der Waals surface area (Å²) in [6, 6.07) is 19.9. The van der Waals surface area contributed by atoms with E-state index in [1.54, 1.807) is 11.8 Å². The summed E-state index contributed by atoms with van der Waals surface area (Å²) in [5, 5.41) is 5.63. The third kappa shape index (κ3) is 6.28. The highest BCUT2D eigenvalue weighted by Crippen LogP contribution is 2.33. The molecule has 0 bridgehead atoms. The van der Waals surface area contributed by atoms with Gasteiger partial charge in [-0.3, -0.25) is 14.5 Å². The first-order valence-corrected chi connectivity index (χ1v) is 12.5. The van der Waals surface area contributed by atoms with Crippen molar-refractivity contribution in [2.45, 2.75) is 24.8 Å². The van der Waals surface area contributed by atoms with E-state index in [4.69, 9.17) is 11.6 Å². The lowest BCUT2D eigenvalue weighted by Gasteiger charge is -2.22. The molecule has 0 unspecified atom stereocenters. The van der Waals surface area contributed by atoms with Crippen LogP contribution in [0.5, 0.6) is 0 Å². The molecule has 1 saturated heterocycles. The number of fused-ring (bicyclic) bond motifs is 1. The summed E-state index contributed by atoms with van der Waals surface area (Å²) < 4.78 is 0. The van der Waals surface area contributed by atoms with Crippen molar-refractivity contribution >= 4 is 51.6 Å². The van der Waals surface area contributed by atoms with Crippen LogP contribution in [0.3, 0.4) is 0 Å². The summed E-state index contributed by atoms with van der Waals surface area (Å²) in [5.41, 5.74) is 2.01. The van der Waals surface area contributed by atoms with E-state index in [2.05, 4.69) is 10.2 Å². The van der Waals surface area contributed by atoms with Gasteiger partial charge >= 0.3 is 0 Å². The van der Waals surface area contributed by atoms with Crippen LogP contribution in [0, 0.1) is 0 Å². The van der Waals surface area contributed by atoms with Crippen LogP contribution in [-0.4, -0.2) is 53.5 Å². The van der Waals surface area contributed by atoms with Crippen LogP contribution in [0.2, 0.25) is 5.02 Å². The Labute approximate surface area is 204 Å². The molecule has 0 atom stereocenters. The van der Waals surface area contributed by atoms with Gasteiger partial charge in [0.2, 0.25) is 11.8 Å². The fraction of sp³-hybridized carbons (Fsp3) is 0.308. The van der Waals surface area contributed by atoms with Crippen molar-refractivity contribution in [1.82, 2.24) is 9.80 Å². The molecule has 33 heavy (non-hydrogen) atoms. The number of hydrogen-bond acceptors (Lipinski definition) is 4. The van der Waals surface area contributed by atoms with Gasteiger partial charge in [-0.15, -0.1) is 11.8 Å². The molecule has 1 N–H and O–H groups in total. The number of anilines is 1. The lowest BCUT2D eigenvalue weighted by molar-refractivity contribution is -0.128. The number of carbonyl (C=O) groups excluding carboxylic acids is 2. The van der Waals surface area contributed by atoms with Crippen molar-refractivity contribution < 1.29 is 9.59 Å². The minimum Gasteiger partial charge on any atom is -0.341 e. The first-order chi connectivity index (χ1) is 16.0. The second-order valence-corrected chi connectivity index (χ2v) is 9.70. The average molecular weight is 482 g/mol. The second kappa shape index (κ2) is 11.1. The Morgan fingerprint density at radius 2 is 1.73 bits per heavy atom. The second-order valence-electron chi connectivity index (χ2n) is 8.27. The molecule has 1 fully saturated rings. The predicted molar refractivity (Wildman–Crippen MR) is 137 cm³/mol. The van der Waals surface area contributed by atoms with Gasteiger partial charge in [0.25, 0.3) is 0 Å². The third-order valence-corrected chi connectivity index (χ3v) is 7.15. The van der Waals surface area contributed by atoms with Gasteiger partial charge in [0.15, 0.2) is 0 Å². The van der Waals surface area contributed by atoms with E-state index in [0.717, 1.165) is 65.5 Å². The van der Waals surface area contributed by atoms with Gasteiger partial charge in [0.05, 0.1) is 5.75 Å². The molecule has 3 aromatic rings. The number of hydrogen-bond donors (Lipinski definition) is 1. The normalized spacial score (nSPS) is 14.8. The first-order valence-electron chi connectivity index (χ1n) is 11.2. The Balaban J connectivity index is 1.31. The van der Waals surface area contributed by atoms with Crippen LogP contribution >= 0.6 is 23.4 Å². The van der Waals surface area contributed by atoms with Gasteiger partial charge in [-0.25, -0.2) is 0 Å². The van der Waals surface area contributed by atoms with Crippen LogP contribution in [0.25, 0.3) is 10.8 Å². The number of amides is 2. The third-order valence-electron chi connectivity index (χ3n) is 5.79. The summed E-state index contributed by atoms with van der Waals surface area (Å²) in [5.74, 6) is 0.516. The molecule has 0 spiro atoms. The number of nitrogens with one attached hydrogen (secondary N) is 1. The predicted octanol–water partition coefficient (Wildman–Crippen LogP) is 5.28. The number of halogens is 1. The topological polar surface area (TPSA) is 52.7 Å². The molecule has 3 aromatic carbocycles. The Morgan fingerprint density at radius 1 is 0.970 bits per heavy atom. The Hall–Kier alpha value is -2.54. The average Bonchev–Trinajstić information content (AvgIpc) is 3.04. The molecule has 1 heterocycles. The van der Waals surface area contributed by atoms with Gasteiger partial charge in [-0.2, -0.15) is 0 Å². The highest BCUT2D eigenvalue weighted by Gasteiger charge is 2.20. The van der Waals surface area contributed by atoms with Crippen molar-refractivity contribution in [3.63, 3.8) is 0 Å². The zero-order valence-corrected chi connectivity index (χ0v) is 20.3. The lowest BCUT2D eigenvalue weighted by Crippen LogP contribution is -2.36. The summed E-state index contributed by atoms with van der Waals surface area (Å²) in [6.45, 7) is 5.68. The molecule has 5 nitrogen and oxygen atoms in total. The molecule has 0 radical (unpaired) electrons. The maximum atomic E-state index is 13.0. The van der Waals surface area contributed by atoms with Crippen molar-refractivity contribution in [2.24, 2.45) is 0 Å². The van der Waals surface area contributed by atoms with Crippen molar-refractivity contribution in [2.75, 3.05) is 37.2 Å². The summed E-state index contributed by atoms with van der Waals surface area (Å²) in [4.78, 5) is 29.6. The van der Waals surface area contributed by atoms with Crippen LogP contribution in [0.4, 0.5) is 5.69 Å². The first kappa shape index (κ1) is 23.6. The van der Waals surface area contributed by atoms with Crippen LogP contribution < -0.4 is 5.32 Å². The summed E-state index contributed by atoms with van der Waals surface area (Å²) in [6.07, 6.45) is 0.959. The Bertz CT molecular complexity index is 1130. The van der Waals surface area contributed by atoms with Gasteiger partial charge < -0.3 is 10.2 Å². The van der Waals surface area contributed by atoms with Crippen LogP contribution in [0.15, 0.2) is 65.6 Å². The highest BCUT2D eigenvalue weighted by atomic mass is 35.5. The Morgan fingerprint density at radius 3 is 2.48 bits per heavy atom. The van der Waals surface area contributed by atoms with E-state index >= 15 is 0 Å². The minimum absolute atomic E-state index is 0.0678. The van der Waals surface area contributed by atoms with Gasteiger partial charge in [0.1, 0.15) is 0 Å². The zero-order valence-electron chi connectivity index (χ0n) is 18.7. The van der Waals surface area contributed by atoms with Crippen molar-refractivity contribution in [3.05, 3.63) is 71.2 Å². The van der Waals surface area contributed by atoms with Crippen molar-refractivity contribution in [3.8, 4) is 0 Å². The summed E-state index contributed by atoms with van der Waals surface area (Å²) >= 11 is 7.99. The number of benzene rings is 3. The smallest absolute Gasteiger partial charge is 0.232 e. The molecule has 2 amide bonds. The van der Waals surface area contributed by atoms with E-state index in [9.17, 15) is 9.59 Å². The zero-order chi connectivity index (χ0) is 23.2. The molecule has 0 aliphatic carbocycles. The molecule has 172 valence electrons. The quantitative estimate of drug-likeness (QED) is 0.487. The van der Waals surface area contributed by atoms with Gasteiger partial charge in [0, 0.05) is 60.6 Å². The maximum absolute atomic E-state index is 13.0. The lowest BCUT2D eigenvalue weighted by atomic mass is 10.1. The standard InChI is InChI=1S/C26H28ClN3O2S/c1-19(31)28-22-11-9-20(10-12-22)17-29-13-4-14-30(16-15-29)25(32)18-33-24-8-3-6-21-5-2-7-23(27)26(21)24/h2-3,5-12H,4,13-18H2,1H3,(H,28,31). The van der Waals surface area contributed by atoms with E-state index in [0.29, 0.717) is 5.75 Å². The highest BCUT2D eigenvalue weighted by molar-refractivity contribution is 8.00. The van der Waals surface area contributed by atoms with E-state index < -0.39 is 0 Å². The van der Waals surface area contributed by atoms with E-state index in [1.165, 1.54) is 12.5 Å². The molecular formula is C26H28ClN3O2S. The maximum Gasteiger partial charge on any atom is 0.232 e. The molecule has 1 aliphatic heterocycles. The fourth-order valence-electron chi connectivity index (χ4n) is 4.15. The summed E-state index contributed by atoms with van der Waals surface area (Å²) in [7, 11) is 0. The minimum atomic E-state index is -0.0678. The molecular weight excluding hydrogens is 454 g/mol. The van der Waals surface area contributed by atoms with E-state index in [-0.39, 0.29) is 11.8 Å². The number of thioether (sulfide) groups is 1. The van der Waals surface area contributed by atoms with Crippen LogP contribution in [0.1, 0.15) is 18.9 Å². The van der Waals surface area contributed by atoms with Gasteiger partial charge in [-0.1, -0.05) is 48.0 Å².